The molecule has 0 aromatic rings. The molecular formula is C29H53NO4. The summed E-state index contributed by atoms with van der Waals surface area (Å²) in [6.07, 6.45) is 26.8. The van der Waals surface area contributed by atoms with Crippen LogP contribution in [0.2, 0.25) is 0 Å². The summed E-state index contributed by atoms with van der Waals surface area (Å²) in [5.41, 5.74) is 0. The van der Waals surface area contributed by atoms with E-state index >= 15 is 0 Å². The van der Waals surface area contributed by atoms with Crippen LogP contribution >= 0.6 is 0 Å². The highest BCUT2D eigenvalue weighted by atomic mass is 16.3. The Morgan fingerprint density at radius 2 is 1.32 bits per heavy atom. The first-order chi connectivity index (χ1) is 16.6. The second-order valence-corrected chi connectivity index (χ2v) is 9.24. The standard InChI is InChI=1S/C29H53NO4/c1-3-5-7-9-11-13-14-15-16-18-20-22-24-28(33)30-26(25-31)29(34)27(32)23-21-19-17-12-10-8-6-4-2/h4,6,11-13,17,26-27,29,31-32,34H,3,5,7-10,14-16,18-25H2,1-2H3,(H,30,33)/b6-4+,13-11-,17-12+. The summed E-state index contributed by atoms with van der Waals surface area (Å²) in [7, 11) is 0. The van der Waals surface area contributed by atoms with Crippen molar-refractivity contribution in [1.82, 2.24) is 5.32 Å². The van der Waals surface area contributed by atoms with E-state index in [2.05, 4.69) is 42.6 Å². The second kappa shape index (κ2) is 24.7. The molecule has 3 unspecified atom stereocenters. The molecule has 0 fully saturated rings. The lowest BCUT2D eigenvalue weighted by atomic mass is 10.0. The lowest BCUT2D eigenvalue weighted by molar-refractivity contribution is -0.124. The largest absolute Gasteiger partial charge is 0.394 e. The predicted octanol–water partition coefficient (Wildman–Crippen LogP) is 6.14. The summed E-state index contributed by atoms with van der Waals surface area (Å²) in [6, 6.07) is -0.831. The molecule has 5 heteroatoms. The van der Waals surface area contributed by atoms with Gasteiger partial charge in [0.25, 0.3) is 0 Å². The van der Waals surface area contributed by atoms with E-state index in [-0.39, 0.29) is 12.5 Å². The van der Waals surface area contributed by atoms with Crippen LogP contribution in [0.5, 0.6) is 0 Å². The van der Waals surface area contributed by atoms with Crippen molar-refractivity contribution in [3.05, 3.63) is 36.5 Å². The smallest absolute Gasteiger partial charge is 0.220 e. The van der Waals surface area contributed by atoms with Crippen LogP contribution in [0.25, 0.3) is 0 Å². The molecule has 1 amide bonds. The van der Waals surface area contributed by atoms with Gasteiger partial charge in [-0.3, -0.25) is 4.79 Å². The molecule has 0 aromatic heterocycles. The number of rotatable bonds is 23. The molecule has 0 spiro atoms. The van der Waals surface area contributed by atoms with Gasteiger partial charge in [-0.25, -0.2) is 0 Å². The first-order valence-corrected chi connectivity index (χ1v) is 13.7. The third kappa shape index (κ3) is 20.0. The molecule has 4 N–H and O–H groups in total. The molecule has 0 saturated carbocycles. The number of aliphatic hydroxyl groups is 3. The van der Waals surface area contributed by atoms with Gasteiger partial charge in [0.1, 0.15) is 6.10 Å². The fraction of sp³-hybridized carbons (Fsp3) is 0.759. The van der Waals surface area contributed by atoms with Gasteiger partial charge in [0.2, 0.25) is 5.91 Å². The number of carbonyl (C=O) groups excluding carboxylic acids is 1. The van der Waals surface area contributed by atoms with Gasteiger partial charge in [0.05, 0.1) is 18.8 Å². The molecular weight excluding hydrogens is 426 g/mol. The highest BCUT2D eigenvalue weighted by molar-refractivity contribution is 5.76. The Balaban J connectivity index is 3.88. The molecule has 3 atom stereocenters. The Kier molecular flexibility index (Phi) is 23.6. The minimum atomic E-state index is -1.16. The zero-order chi connectivity index (χ0) is 25.3. The molecule has 0 aliphatic rings. The van der Waals surface area contributed by atoms with Crippen LogP contribution in [0.4, 0.5) is 0 Å². The van der Waals surface area contributed by atoms with Gasteiger partial charge < -0.3 is 20.6 Å². The number of hydrogen-bond acceptors (Lipinski definition) is 4. The van der Waals surface area contributed by atoms with Crippen molar-refractivity contribution >= 4 is 5.91 Å². The topological polar surface area (TPSA) is 89.8 Å². The maximum absolute atomic E-state index is 12.2. The molecule has 0 aliphatic heterocycles. The molecule has 5 nitrogen and oxygen atoms in total. The van der Waals surface area contributed by atoms with Crippen molar-refractivity contribution < 1.29 is 20.1 Å². The summed E-state index contributed by atoms with van der Waals surface area (Å²) in [6.45, 7) is 3.85. The summed E-state index contributed by atoms with van der Waals surface area (Å²) in [5.74, 6) is -0.177. The number of allylic oxidation sites excluding steroid dienone is 6. The summed E-state index contributed by atoms with van der Waals surface area (Å²) < 4.78 is 0. The fourth-order valence-corrected chi connectivity index (χ4v) is 3.82. The first-order valence-electron chi connectivity index (χ1n) is 13.7. The monoisotopic (exact) mass is 479 g/mol. The van der Waals surface area contributed by atoms with E-state index in [1.165, 1.54) is 38.5 Å². The van der Waals surface area contributed by atoms with E-state index in [1.54, 1.807) is 0 Å². The number of aliphatic hydroxyl groups excluding tert-OH is 3. The van der Waals surface area contributed by atoms with Crippen LogP contribution in [0.15, 0.2) is 36.5 Å². The van der Waals surface area contributed by atoms with Gasteiger partial charge in [-0.15, -0.1) is 0 Å². The van der Waals surface area contributed by atoms with E-state index in [4.69, 9.17) is 0 Å². The molecule has 0 aliphatic carbocycles. The summed E-state index contributed by atoms with van der Waals surface area (Å²) in [4.78, 5) is 12.2. The molecule has 198 valence electrons. The predicted molar refractivity (Wildman–Crippen MR) is 144 cm³/mol. The molecule has 0 radical (unpaired) electrons. The van der Waals surface area contributed by atoms with Crippen molar-refractivity contribution in [2.75, 3.05) is 6.61 Å². The minimum Gasteiger partial charge on any atom is -0.394 e. The molecule has 0 rings (SSSR count). The number of hydrogen-bond donors (Lipinski definition) is 4. The van der Waals surface area contributed by atoms with Crippen LogP contribution in [0.3, 0.4) is 0 Å². The molecule has 0 bridgehead atoms. The Bertz CT molecular complexity index is 544. The van der Waals surface area contributed by atoms with Gasteiger partial charge in [-0.1, -0.05) is 75.5 Å². The van der Waals surface area contributed by atoms with E-state index in [0.717, 1.165) is 51.4 Å². The van der Waals surface area contributed by atoms with Crippen LogP contribution in [0, 0.1) is 0 Å². The van der Waals surface area contributed by atoms with Crippen molar-refractivity contribution in [1.29, 1.82) is 0 Å². The minimum absolute atomic E-state index is 0.177. The lowest BCUT2D eigenvalue weighted by Gasteiger charge is -2.26. The highest BCUT2D eigenvalue weighted by Gasteiger charge is 2.26. The van der Waals surface area contributed by atoms with E-state index in [1.807, 2.05) is 13.0 Å². The SMILES string of the molecule is C/C=C/CC/C=C/CCCC(O)C(O)C(CO)NC(=O)CCCCCCC/C=C\CCCCC. The van der Waals surface area contributed by atoms with Crippen LogP contribution in [0.1, 0.15) is 117 Å². The van der Waals surface area contributed by atoms with E-state index in [9.17, 15) is 20.1 Å². The third-order valence-corrected chi connectivity index (χ3v) is 6.04. The quantitative estimate of drug-likeness (QED) is 0.105. The van der Waals surface area contributed by atoms with Crippen LogP contribution in [-0.2, 0) is 4.79 Å². The summed E-state index contributed by atoms with van der Waals surface area (Å²) in [5, 5.41) is 32.8. The molecule has 0 saturated heterocycles. The number of nitrogens with one attached hydrogen (secondary N) is 1. The van der Waals surface area contributed by atoms with Gasteiger partial charge in [0.15, 0.2) is 0 Å². The molecule has 34 heavy (non-hydrogen) atoms. The maximum atomic E-state index is 12.2. The number of unbranched alkanes of at least 4 members (excludes halogenated alkanes) is 10. The Morgan fingerprint density at radius 3 is 1.97 bits per heavy atom. The first kappa shape index (κ1) is 32.6. The summed E-state index contributed by atoms with van der Waals surface area (Å²) >= 11 is 0. The average Bonchev–Trinajstić information content (AvgIpc) is 2.84. The normalized spacial score (nSPS) is 14.9. The second-order valence-electron chi connectivity index (χ2n) is 9.24. The van der Waals surface area contributed by atoms with Gasteiger partial charge in [0, 0.05) is 6.42 Å². The van der Waals surface area contributed by atoms with Crippen molar-refractivity contribution in [3.63, 3.8) is 0 Å². The van der Waals surface area contributed by atoms with E-state index < -0.39 is 18.2 Å². The zero-order valence-corrected chi connectivity index (χ0v) is 22.0. The fourth-order valence-electron chi connectivity index (χ4n) is 3.82. The zero-order valence-electron chi connectivity index (χ0n) is 22.0. The Hall–Kier alpha value is -1.43. The van der Waals surface area contributed by atoms with Crippen LogP contribution in [-0.4, -0.2) is 46.1 Å². The van der Waals surface area contributed by atoms with Crippen molar-refractivity contribution in [2.24, 2.45) is 0 Å². The van der Waals surface area contributed by atoms with Gasteiger partial charge in [-0.05, 0) is 71.1 Å². The number of carbonyl (C=O) groups is 1. The third-order valence-electron chi connectivity index (χ3n) is 6.04. The number of amides is 1. The molecule has 0 heterocycles. The highest BCUT2D eigenvalue weighted by Crippen LogP contribution is 2.11. The Labute approximate surface area is 209 Å². The average molecular weight is 480 g/mol. The maximum Gasteiger partial charge on any atom is 0.220 e. The van der Waals surface area contributed by atoms with Crippen LogP contribution < -0.4 is 5.32 Å². The van der Waals surface area contributed by atoms with Crippen molar-refractivity contribution in [3.8, 4) is 0 Å². The van der Waals surface area contributed by atoms with E-state index in [0.29, 0.717) is 12.8 Å². The molecule has 0 aromatic carbocycles. The lowest BCUT2D eigenvalue weighted by Crippen LogP contribution is -2.50. The van der Waals surface area contributed by atoms with Gasteiger partial charge in [-0.2, -0.15) is 0 Å². The Morgan fingerprint density at radius 1 is 0.765 bits per heavy atom. The van der Waals surface area contributed by atoms with Crippen molar-refractivity contribution in [2.45, 2.75) is 135 Å². The van der Waals surface area contributed by atoms with Gasteiger partial charge >= 0.3 is 0 Å².